The summed E-state index contributed by atoms with van der Waals surface area (Å²) in [7, 11) is 0. The van der Waals surface area contributed by atoms with Crippen LogP contribution in [-0.4, -0.2) is 18.7 Å². The number of hydrogen-bond donors (Lipinski definition) is 2. The van der Waals surface area contributed by atoms with Crippen LogP contribution in [0, 0.1) is 0 Å². The highest BCUT2D eigenvalue weighted by Crippen LogP contribution is 2.16. The van der Waals surface area contributed by atoms with E-state index in [-0.39, 0.29) is 12.5 Å². The van der Waals surface area contributed by atoms with E-state index in [1.165, 1.54) is 4.90 Å². The summed E-state index contributed by atoms with van der Waals surface area (Å²) in [6.07, 6.45) is 2.02. The van der Waals surface area contributed by atoms with E-state index in [1.54, 1.807) is 11.8 Å². The third-order valence-corrected chi connectivity index (χ3v) is 2.30. The number of nitrogens with one attached hydrogen (secondary N) is 1. The predicted molar refractivity (Wildman–Crippen MR) is 55.9 cm³/mol. The molecule has 1 amide bonds. The van der Waals surface area contributed by atoms with Gasteiger partial charge < -0.3 is 11.1 Å². The molecule has 3 nitrogen and oxygen atoms in total. The molecule has 0 radical (unpaired) electrons. The van der Waals surface area contributed by atoms with Crippen LogP contribution in [0.15, 0.2) is 29.2 Å². The molecule has 70 valence electrons. The first-order chi connectivity index (χ1) is 6.22. The summed E-state index contributed by atoms with van der Waals surface area (Å²) in [5.41, 5.74) is 5.90. The van der Waals surface area contributed by atoms with Crippen LogP contribution in [-0.2, 0) is 4.79 Å². The van der Waals surface area contributed by atoms with E-state index in [4.69, 9.17) is 5.73 Å². The molecular weight excluding hydrogens is 184 g/mol. The minimum Gasteiger partial charge on any atom is -0.376 e. The van der Waals surface area contributed by atoms with Gasteiger partial charge in [0.2, 0.25) is 5.91 Å². The van der Waals surface area contributed by atoms with Crippen LogP contribution in [0.3, 0.4) is 0 Å². The summed E-state index contributed by atoms with van der Waals surface area (Å²) in [6.45, 7) is 0.179. The van der Waals surface area contributed by atoms with Gasteiger partial charge in [0.1, 0.15) is 0 Å². The summed E-state index contributed by atoms with van der Waals surface area (Å²) in [5.74, 6) is -0.353. The molecular formula is C9H12N2OS. The normalized spacial score (nSPS) is 9.62. The van der Waals surface area contributed by atoms with Gasteiger partial charge in [-0.3, -0.25) is 4.79 Å². The Bertz CT molecular complexity index is 284. The molecule has 0 bridgehead atoms. The van der Waals surface area contributed by atoms with Crippen LogP contribution in [0.5, 0.6) is 0 Å². The largest absolute Gasteiger partial charge is 0.376 e. The molecule has 0 aliphatic heterocycles. The van der Waals surface area contributed by atoms with E-state index in [1.807, 2.05) is 30.5 Å². The molecule has 0 aliphatic rings. The van der Waals surface area contributed by atoms with Crippen molar-refractivity contribution in [2.75, 3.05) is 18.1 Å². The maximum absolute atomic E-state index is 10.5. The lowest BCUT2D eigenvalue weighted by Crippen LogP contribution is -2.21. The maximum atomic E-state index is 10.5. The lowest BCUT2D eigenvalue weighted by atomic mass is 10.3. The zero-order valence-electron chi connectivity index (χ0n) is 7.41. The molecule has 0 saturated heterocycles. The summed E-state index contributed by atoms with van der Waals surface area (Å²) in [4.78, 5) is 11.7. The Morgan fingerprint density at radius 2 is 2.08 bits per heavy atom. The van der Waals surface area contributed by atoms with E-state index in [9.17, 15) is 4.79 Å². The van der Waals surface area contributed by atoms with E-state index < -0.39 is 0 Å². The van der Waals surface area contributed by atoms with E-state index >= 15 is 0 Å². The van der Waals surface area contributed by atoms with Crippen molar-refractivity contribution in [2.24, 2.45) is 5.73 Å². The molecule has 3 N–H and O–H groups in total. The lowest BCUT2D eigenvalue weighted by Gasteiger charge is -2.03. The fraction of sp³-hybridized carbons (Fsp3) is 0.222. The molecule has 1 rings (SSSR count). The first-order valence-corrected chi connectivity index (χ1v) is 5.11. The minimum absolute atomic E-state index is 0.179. The second-order valence-corrected chi connectivity index (χ2v) is 3.43. The number of amides is 1. The lowest BCUT2D eigenvalue weighted by molar-refractivity contribution is -0.116. The zero-order chi connectivity index (χ0) is 9.68. The fourth-order valence-corrected chi connectivity index (χ4v) is 1.31. The van der Waals surface area contributed by atoms with Gasteiger partial charge >= 0.3 is 0 Å². The Kier molecular flexibility index (Phi) is 3.64. The molecule has 0 unspecified atom stereocenters. The first-order valence-electron chi connectivity index (χ1n) is 3.88. The molecule has 0 aliphatic carbocycles. The van der Waals surface area contributed by atoms with Gasteiger partial charge in [0.15, 0.2) is 0 Å². The third kappa shape index (κ3) is 3.38. The standard InChI is InChI=1S/C9H12N2OS/c1-13-8-4-2-7(3-5-8)11-6-9(10)12/h2-5,11H,6H2,1H3,(H2,10,12). The van der Waals surface area contributed by atoms with Crippen LogP contribution in [0.1, 0.15) is 0 Å². The maximum Gasteiger partial charge on any atom is 0.236 e. The Labute approximate surface area is 81.7 Å². The summed E-state index contributed by atoms with van der Waals surface area (Å²) in [6, 6.07) is 7.84. The zero-order valence-corrected chi connectivity index (χ0v) is 8.23. The summed E-state index contributed by atoms with van der Waals surface area (Å²) < 4.78 is 0. The van der Waals surface area contributed by atoms with Crippen molar-refractivity contribution in [2.45, 2.75) is 4.90 Å². The topological polar surface area (TPSA) is 55.1 Å². The molecule has 0 saturated carbocycles. The summed E-state index contributed by atoms with van der Waals surface area (Å²) >= 11 is 1.68. The monoisotopic (exact) mass is 196 g/mol. The van der Waals surface area contributed by atoms with Crippen LogP contribution in [0.4, 0.5) is 5.69 Å². The van der Waals surface area contributed by atoms with Gasteiger partial charge in [0.25, 0.3) is 0 Å². The number of benzene rings is 1. The second-order valence-electron chi connectivity index (χ2n) is 2.55. The smallest absolute Gasteiger partial charge is 0.236 e. The average Bonchev–Trinajstić information content (AvgIpc) is 2.15. The van der Waals surface area contributed by atoms with Crippen molar-refractivity contribution < 1.29 is 4.79 Å². The van der Waals surface area contributed by atoms with Gasteiger partial charge in [-0.25, -0.2) is 0 Å². The van der Waals surface area contributed by atoms with Crippen molar-refractivity contribution in [1.82, 2.24) is 0 Å². The van der Waals surface area contributed by atoms with E-state index in [0.29, 0.717) is 0 Å². The van der Waals surface area contributed by atoms with Gasteiger partial charge in [0.05, 0.1) is 6.54 Å². The third-order valence-electron chi connectivity index (χ3n) is 1.56. The Hall–Kier alpha value is -1.16. The molecule has 0 heterocycles. The van der Waals surface area contributed by atoms with Gasteiger partial charge in [-0.15, -0.1) is 11.8 Å². The molecule has 0 spiro atoms. The number of thioether (sulfide) groups is 1. The number of carbonyl (C=O) groups is 1. The van der Waals surface area contributed by atoms with Crippen molar-refractivity contribution in [3.05, 3.63) is 24.3 Å². The highest BCUT2D eigenvalue weighted by molar-refractivity contribution is 7.98. The first kappa shape index (κ1) is 9.92. The van der Waals surface area contributed by atoms with Crippen molar-refractivity contribution in [3.63, 3.8) is 0 Å². The average molecular weight is 196 g/mol. The van der Waals surface area contributed by atoms with Crippen molar-refractivity contribution in [3.8, 4) is 0 Å². The predicted octanol–water partition coefficient (Wildman–Crippen LogP) is 1.31. The number of hydrogen-bond acceptors (Lipinski definition) is 3. The SMILES string of the molecule is CSc1ccc(NCC(N)=O)cc1. The number of anilines is 1. The number of nitrogens with two attached hydrogens (primary N) is 1. The Morgan fingerprint density at radius 1 is 1.46 bits per heavy atom. The van der Waals surface area contributed by atoms with Crippen molar-refractivity contribution in [1.29, 1.82) is 0 Å². The Morgan fingerprint density at radius 3 is 2.54 bits per heavy atom. The van der Waals surface area contributed by atoms with Gasteiger partial charge in [-0.2, -0.15) is 0 Å². The van der Waals surface area contributed by atoms with Crippen molar-refractivity contribution >= 4 is 23.4 Å². The van der Waals surface area contributed by atoms with Crippen LogP contribution in [0.25, 0.3) is 0 Å². The summed E-state index contributed by atoms with van der Waals surface area (Å²) in [5, 5.41) is 2.91. The highest BCUT2D eigenvalue weighted by atomic mass is 32.2. The number of rotatable bonds is 4. The quantitative estimate of drug-likeness (QED) is 0.714. The molecule has 0 fully saturated rings. The van der Waals surface area contributed by atoms with E-state index in [2.05, 4.69) is 5.32 Å². The van der Waals surface area contributed by atoms with Gasteiger partial charge in [-0.05, 0) is 30.5 Å². The fourth-order valence-electron chi connectivity index (χ4n) is 0.898. The molecule has 4 heteroatoms. The molecule has 13 heavy (non-hydrogen) atoms. The molecule has 1 aromatic carbocycles. The number of carbonyl (C=O) groups excluding carboxylic acids is 1. The second kappa shape index (κ2) is 4.77. The molecule has 0 atom stereocenters. The highest BCUT2D eigenvalue weighted by Gasteiger charge is 1.94. The number of primary amides is 1. The minimum atomic E-state index is -0.353. The van der Waals surface area contributed by atoms with E-state index in [0.717, 1.165) is 5.69 Å². The molecule has 1 aromatic rings. The van der Waals surface area contributed by atoms with Crippen LogP contribution >= 0.6 is 11.8 Å². The van der Waals surface area contributed by atoms with Gasteiger partial charge in [-0.1, -0.05) is 0 Å². The Balaban J connectivity index is 2.54. The van der Waals surface area contributed by atoms with Crippen LogP contribution < -0.4 is 11.1 Å². The molecule has 0 aromatic heterocycles. The van der Waals surface area contributed by atoms with Crippen LogP contribution in [0.2, 0.25) is 0 Å². The van der Waals surface area contributed by atoms with Gasteiger partial charge in [0, 0.05) is 10.6 Å².